The largest absolute Gasteiger partial charge is 0.395 e. The van der Waals surface area contributed by atoms with Crippen molar-refractivity contribution in [2.45, 2.75) is 49.7 Å². The van der Waals surface area contributed by atoms with Crippen LogP contribution in [0.2, 0.25) is 0 Å². The Morgan fingerprint density at radius 2 is 1.93 bits per heavy atom. The van der Waals surface area contributed by atoms with Gasteiger partial charge in [-0.15, -0.1) is 11.3 Å². The van der Waals surface area contributed by atoms with E-state index in [1.54, 1.807) is 0 Å². The van der Waals surface area contributed by atoms with Crippen LogP contribution in [0.15, 0.2) is 28.6 Å². The van der Waals surface area contributed by atoms with Crippen LogP contribution >= 0.6 is 11.3 Å². The van der Waals surface area contributed by atoms with Crippen LogP contribution < -0.4 is 0 Å². The van der Waals surface area contributed by atoms with E-state index < -0.39 is 16.4 Å². The van der Waals surface area contributed by atoms with Crippen molar-refractivity contribution in [1.82, 2.24) is 4.98 Å². The number of ketones is 2. The fourth-order valence-electron chi connectivity index (χ4n) is 3.67. The van der Waals surface area contributed by atoms with Crippen LogP contribution in [0.25, 0.3) is 0 Å². The van der Waals surface area contributed by atoms with E-state index in [1.165, 1.54) is 6.20 Å². The van der Waals surface area contributed by atoms with Crippen molar-refractivity contribution in [2.75, 3.05) is 12.4 Å². The van der Waals surface area contributed by atoms with E-state index in [1.807, 2.05) is 25.1 Å². The molecule has 1 aromatic carbocycles. The molecule has 0 spiro atoms. The lowest BCUT2D eigenvalue weighted by Gasteiger charge is -2.13. The Hall–Kier alpha value is -1.90. The number of benzene rings is 1. The predicted molar refractivity (Wildman–Crippen MR) is 111 cm³/mol. The molecule has 0 atom stereocenters. The minimum atomic E-state index is -3.57. The van der Waals surface area contributed by atoms with Crippen LogP contribution in [0.3, 0.4) is 0 Å². The number of hydrogen-bond acceptors (Lipinski definition) is 7. The molecule has 1 aliphatic rings. The molecule has 1 aromatic heterocycles. The molecule has 1 heterocycles. The molecule has 3 rings (SSSR count). The molecule has 1 fully saturated rings. The monoisotopic (exact) mass is 435 g/mol. The number of carbonyl (C=O) groups is 2. The average molecular weight is 436 g/mol. The third-order valence-electron chi connectivity index (χ3n) is 5.19. The second-order valence-corrected chi connectivity index (χ2v) is 11.0. The van der Waals surface area contributed by atoms with Crippen LogP contribution in [0.1, 0.15) is 52.2 Å². The number of hydrogen-bond donors (Lipinski definition) is 1. The minimum absolute atomic E-state index is 0.0181. The van der Waals surface area contributed by atoms with Crippen molar-refractivity contribution in [2.24, 2.45) is 5.92 Å². The lowest BCUT2D eigenvalue weighted by atomic mass is 9.90. The fourth-order valence-corrected chi connectivity index (χ4v) is 6.04. The van der Waals surface area contributed by atoms with Crippen LogP contribution in [0.5, 0.6) is 0 Å². The van der Waals surface area contributed by atoms with Gasteiger partial charge in [0.2, 0.25) is 0 Å². The highest BCUT2D eigenvalue weighted by atomic mass is 32.2. The summed E-state index contributed by atoms with van der Waals surface area (Å²) in [6, 6.07) is 5.61. The number of aliphatic hydroxyl groups excluding tert-OH is 1. The van der Waals surface area contributed by atoms with Crippen molar-refractivity contribution in [3.05, 3.63) is 46.1 Å². The van der Waals surface area contributed by atoms with Gasteiger partial charge in [0.05, 0.1) is 25.0 Å². The third kappa shape index (κ3) is 5.38. The Kier molecular flexibility index (Phi) is 6.97. The van der Waals surface area contributed by atoms with Gasteiger partial charge in [-0.3, -0.25) is 9.59 Å². The summed E-state index contributed by atoms with van der Waals surface area (Å²) in [4.78, 5) is 29.6. The lowest BCUT2D eigenvalue weighted by molar-refractivity contribution is -0.117. The van der Waals surface area contributed by atoms with Gasteiger partial charge in [-0.1, -0.05) is 30.5 Å². The Labute approximate surface area is 174 Å². The zero-order valence-electron chi connectivity index (χ0n) is 16.4. The maximum absolute atomic E-state index is 12.9. The molecule has 0 radical (unpaired) electrons. The van der Waals surface area contributed by atoms with Crippen molar-refractivity contribution in [3.63, 3.8) is 0 Å². The summed E-state index contributed by atoms with van der Waals surface area (Å²) in [5, 5.41) is 9.29. The molecular weight excluding hydrogens is 410 g/mol. The SMILES string of the molecule is Cc1ccc(CC(=O)Cc2ncc(S(=O)(=O)CCO)s2)c(C(=O)C2CCCC2)c1. The number of aromatic nitrogens is 1. The second-order valence-electron chi connectivity index (χ2n) is 7.51. The normalized spacial score (nSPS) is 15.0. The highest BCUT2D eigenvalue weighted by molar-refractivity contribution is 7.93. The summed E-state index contributed by atoms with van der Waals surface area (Å²) in [7, 11) is -3.57. The van der Waals surface area contributed by atoms with E-state index in [0.29, 0.717) is 10.6 Å². The first-order chi connectivity index (χ1) is 13.8. The van der Waals surface area contributed by atoms with Crippen LogP contribution in [0, 0.1) is 12.8 Å². The van der Waals surface area contributed by atoms with Gasteiger partial charge in [-0.25, -0.2) is 13.4 Å². The van der Waals surface area contributed by atoms with Crippen molar-refractivity contribution in [1.29, 1.82) is 0 Å². The number of thiazole rings is 1. The van der Waals surface area contributed by atoms with Crippen LogP contribution in [-0.2, 0) is 27.5 Å². The van der Waals surface area contributed by atoms with Crippen molar-refractivity contribution in [3.8, 4) is 0 Å². The Morgan fingerprint density at radius 1 is 1.21 bits per heavy atom. The van der Waals surface area contributed by atoms with Crippen molar-refractivity contribution < 1.29 is 23.1 Å². The Morgan fingerprint density at radius 3 is 2.62 bits per heavy atom. The van der Waals surface area contributed by atoms with Crippen LogP contribution in [-0.4, -0.2) is 42.4 Å². The molecule has 156 valence electrons. The maximum Gasteiger partial charge on any atom is 0.191 e. The first kappa shape index (κ1) is 21.8. The quantitative estimate of drug-likeness (QED) is 0.608. The van der Waals surface area contributed by atoms with E-state index in [0.717, 1.165) is 48.1 Å². The number of sulfone groups is 1. The van der Waals surface area contributed by atoms with E-state index in [2.05, 4.69) is 4.98 Å². The van der Waals surface area contributed by atoms with E-state index in [4.69, 9.17) is 5.11 Å². The molecule has 1 saturated carbocycles. The van der Waals surface area contributed by atoms with Gasteiger partial charge in [0, 0.05) is 17.9 Å². The lowest BCUT2D eigenvalue weighted by Crippen LogP contribution is -2.16. The van der Waals surface area contributed by atoms with Crippen molar-refractivity contribution >= 4 is 32.7 Å². The zero-order chi connectivity index (χ0) is 21.0. The van der Waals surface area contributed by atoms with Gasteiger partial charge in [-0.05, 0) is 31.4 Å². The molecule has 6 nitrogen and oxygen atoms in total. The topological polar surface area (TPSA) is 101 Å². The van der Waals surface area contributed by atoms with Crippen LogP contribution in [0.4, 0.5) is 0 Å². The number of aryl methyl sites for hydroxylation is 1. The first-order valence-electron chi connectivity index (χ1n) is 9.74. The molecule has 1 aliphatic carbocycles. The summed E-state index contributed by atoms with van der Waals surface area (Å²) in [5.41, 5.74) is 2.35. The maximum atomic E-state index is 12.9. The number of aliphatic hydroxyl groups is 1. The molecule has 0 saturated heterocycles. The van der Waals surface area contributed by atoms with Gasteiger partial charge in [-0.2, -0.15) is 0 Å². The minimum Gasteiger partial charge on any atom is -0.395 e. The van der Waals surface area contributed by atoms with E-state index >= 15 is 0 Å². The van der Waals surface area contributed by atoms with E-state index in [9.17, 15) is 18.0 Å². The molecule has 0 aliphatic heterocycles. The van der Waals surface area contributed by atoms with Gasteiger partial charge < -0.3 is 5.11 Å². The van der Waals surface area contributed by atoms with E-state index in [-0.39, 0.29) is 40.3 Å². The molecule has 0 amide bonds. The van der Waals surface area contributed by atoms with Gasteiger partial charge in [0.15, 0.2) is 15.6 Å². The predicted octanol–water partition coefficient (Wildman–Crippen LogP) is 2.94. The number of Topliss-reactive ketones (excluding diaryl/α,β-unsaturated/α-hetero) is 2. The molecule has 1 N–H and O–H groups in total. The summed E-state index contributed by atoms with van der Waals surface area (Å²) in [6.45, 7) is 1.47. The molecular formula is C21H25NO5S2. The van der Waals surface area contributed by atoms with Gasteiger partial charge in [0.1, 0.15) is 15.0 Å². The average Bonchev–Trinajstić information content (AvgIpc) is 3.35. The number of carbonyl (C=O) groups excluding carboxylic acids is 2. The second kappa shape index (κ2) is 9.28. The summed E-state index contributed by atoms with van der Waals surface area (Å²) in [6.07, 6.45) is 5.33. The highest BCUT2D eigenvalue weighted by Gasteiger charge is 2.26. The molecule has 29 heavy (non-hydrogen) atoms. The fraction of sp³-hybridized carbons (Fsp3) is 0.476. The number of rotatable bonds is 9. The molecule has 8 heteroatoms. The van der Waals surface area contributed by atoms with Gasteiger partial charge >= 0.3 is 0 Å². The highest BCUT2D eigenvalue weighted by Crippen LogP contribution is 2.30. The van der Waals surface area contributed by atoms with Gasteiger partial charge in [0.25, 0.3) is 0 Å². The summed E-state index contributed by atoms with van der Waals surface area (Å²) < 4.78 is 24.0. The first-order valence-corrected chi connectivity index (χ1v) is 12.2. The number of nitrogens with zero attached hydrogens (tertiary/aromatic N) is 1. The standard InChI is InChI=1S/C21H25NO5S2/c1-14-6-7-16(18(10-14)21(25)15-4-2-3-5-15)11-17(24)12-19-22-13-20(28-19)29(26,27)9-8-23/h6-7,10,13,15,23H,2-5,8-9,11-12H2,1H3. The smallest absolute Gasteiger partial charge is 0.191 e. The third-order valence-corrected chi connectivity index (χ3v) is 8.43. The molecule has 2 aromatic rings. The summed E-state index contributed by atoms with van der Waals surface area (Å²) in [5.74, 6) is -0.308. The summed E-state index contributed by atoms with van der Waals surface area (Å²) >= 11 is 0.954. The Balaban J connectivity index is 1.73. The molecule has 0 bridgehead atoms. The Bertz CT molecular complexity index is 1000. The zero-order valence-corrected chi connectivity index (χ0v) is 18.0. The molecule has 0 unspecified atom stereocenters.